The molecule has 9 nitrogen and oxygen atoms in total. The van der Waals surface area contributed by atoms with Crippen molar-refractivity contribution in [2.24, 2.45) is 0 Å². The third-order valence-corrected chi connectivity index (χ3v) is 7.08. The fraction of sp³-hybridized carbons (Fsp3) is 0.379. The Morgan fingerprint density at radius 2 is 1.95 bits per heavy atom. The minimum Gasteiger partial charge on any atom is -0.367 e. The quantitative estimate of drug-likeness (QED) is 0.328. The van der Waals surface area contributed by atoms with Crippen LogP contribution >= 0.6 is 0 Å². The molecule has 0 atom stereocenters. The molecule has 5 rings (SSSR count). The Labute approximate surface area is 224 Å². The molecule has 0 aromatic carbocycles. The van der Waals surface area contributed by atoms with Gasteiger partial charge in [0, 0.05) is 55.2 Å². The Hall–Kier alpha value is -3.82. The summed E-state index contributed by atoms with van der Waals surface area (Å²) in [5, 5.41) is 8.72. The summed E-state index contributed by atoms with van der Waals surface area (Å²) in [6.45, 7) is 11.0. The number of aromatic amines is 2. The molecular formula is C29H37N9. The van der Waals surface area contributed by atoms with E-state index < -0.39 is 0 Å². The number of rotatable bonds is 9. The van der Waals surface area contributed by atoms with Crippen LogP contribution < -0.4 is 0 Å². The molecule has 0 bridgehead atoms. The number of piperazine rings is 1. The predicted octanol–water partition coefficient (Wildman–Crippen LogP) is 3.99. The molecule has 1 aliphatic heterocycles. The molecule has 0 spiro atoms. The van der Waals surface area contributed by atoms with Gasteiger partial charge in [-0.15, -0.1) is 0 Å². The van der Waals surface area contributed by atoms with Gasteiger partial charge in [0.25, 0.3) is 0 Å². The van der Waals surface area contributed by atoms with Gasteiger partial charge in [0.2, 0.25) is 0 Å². The van der Waals surface area contributed by atoms with E-state index in [0.717, 1.165) is 96.3 Å². The van der Waals surface area contributed by atoms with Crippen molar-refractivity contribution in [3.05, 3.63) is 66.4 Å². The summed E-state index contributed by atoms with van der Waals surface area (Å²) in [7, 11) is 6.36. The molecule has 5 heterocycles. The maximum absolute atomic E-state index is 5.03. The molecule has 38 heavy (non-hydrogen) atoms. The standard InChI is InChI=1S/C29H37N9/c1-6-8-26(38-13-11-37(5)12-14-38)27-20(2)32-29(33-27)28-23-16-24(31-19-25(23)34-35-28)22-15-21(17-30-18-22)9-7-10-36(3)4/h6,8,15-19H,1,7,9-14H2,2-5H3,(H,32,33)(H,34,35)/b26-8+. The number of hydrogen-bond acceptors (Lipinski definition) is 7. The Morgan fingerprint density at radius 1 is 1.13 bits per heavy atom. The van der Waals surface area contributed by atoms with Gasteiger partial charge in [-0.1, -0.05) is 12.7 Å². The second-order valence-corrected chi connectivity index (χ2v) is 10.3. The molecule has 4 aromatic rings. The third-order valence-electron chi connectivity index (χ3n) is 7.08. The molecule has 0 saturated carbocycles. The summed E-state index contributed by atoms with van der Waals surface area (Å²) in [6, 6.07) is 4.27. The van der Waals surface area contributed by atoms with E-state index in [1.54, 1.807) is 0 Å². The zero-order chi connectivity index (χ0) is 26.6. The van der Waals surface area contributed by atoms with E-state index >= 15 is 0 Å². The number of H-pyrrole nitrogens is 2. The van der Waals surface area contributed by atoms with E-state index in [2.05, 4.69) is 87.7 Å². The number of allylic oxidation sites excluding steroid dienone is 2. The molecule has 1 aliphatic rings. The van der Waals surface area contributed by atoms with Crippen LogP contribution in [-0.2, 0) is 6.42 Å². The van der Waals surface area contributed by atoms with Crippen molar-refractivity contribution in [2.75, 3.05) is 53.9 Å². The second kappa shape index (κ2) is 11.3. The number of likely N-dealkylation sites (N-methyl/N-ethyl adjacent to an activating group) is 1. The number of nitrogens with zero attached hydrogens (tertiary/aromatic N) is 7. The van der Waals surface area contributed by atoms with Crippen LogP contribution in [0.2, 0.25) is 0 Å². The van der Waals surface area contributed by atoms with Gasteiger partial charge in [-0.25, -0.2) is 4.98 Å². The maximum atomic E-state index is 5.03. The summed E-state index contributed by atoms with van der Waals surface area (Å²) >= 11 is 0. The first kappa shape index (κ1) is 25.8. The fourth-order valence-corrected chi connectivity index (χ4v) is 4.93. The first-order valence-electron chi connectivity index (χ1n) is 13.2. The maximum Gasteiger partial charge on any atom is 0.159 e. The van der Waals surface area contributed by atoms with Crippen LogP contribution in [0.1, 0.15) is 23.4 Å². The van der Waals surface area contributed by atoms with Gasteiger partial charge >= 0.3 is 0 Å². The van der Waals surface area contributed by atoms with Crippen LogP contribution in [0.3, 0.4) is 0 Å². The molecule has 2 N–H and O–H groups in total. The van der Waals surface area contributed by atoms with Crippen LogP contribution in [0.25, 0.3) is 39.4 Å². The van der Waals surface area contributed by atoms with Crippen molar-refractivity contribution in [1.82, 2.24) is 44.8 Å². The van der Waals surface area contributed by atoms with Gasteiger partial charge < -0.3 is 19.7 Å². The number of nitrogens with one attached hydrogen (secondary N) is 2. The Bertz CT molecular complexity index is 1440. The first-order valence-corrected chi connectivity index (χ1v) is 13.2. The average molecular weight is 512 g/mol. The van der Waals surface area contributed by atoms with Crippen molar-refractivity contribution in [1.29, 1.82) is 0 Å². The van der Waals surface area contributed by atoms with Crippen molar-refractivity contribution in [2.45, 2.75) is 19.8 Å². The van der Waals surface area contributed by atoms with E-state index in [4.69, 9.17) is 9.97 Å². The lowest BCUT2D eigenvalue weighted by molar-refractivity contribution is 0.207. The van der Waals surface area contributed by atoms with Gasteiger partial charge in [-0.3, -0.25) is 15.1 Å². The monoisotopic (exact) mass is 511 g/mol. The first-order chi connectivity index (χ1) is 18.4. The largest absolute Gasteiger partial charge is 0.367 e. The molecule has 4 aromatic heterocycles. The van der Waals surface area contributed by atoms with Crippen molar-refractivity contribution in [3.63, 3.8) is 0 Å². The summed E-state index contributed by atoms with van der Waals surface area (Å²) < 4.78 is 0. The van der Waals surface area contributed by atoms with Crippen molar-refractivity contribution >= 4 is 16.6 Å². The number of hydrogen-bond donors (Lipinski definition) is 2. The highest BCUT2D eigenvalue weighted by Gasteiger charge is 2.22. The van der Waals surface area contributed by atoms with Gasteiger partial charge in [0.1, 0.15) is 11.4 Å². The number of aryl methyl sites for hydroxylation is 2. The van der Waals surface area contributed by atoms with Crippen LogP contribution in [0.15, 0.2) is 49.5 Å². The zero-order valence-corrected chi connectivity index (χ0v) is 22.8. The van der Waals surface area contributed by atoms with Crippen LogP contribution in [-0.4, -0.2) is 98.7 Å². The molecular weight excluding hydrogens is 474 g/mol. The third kappa shape index (κ3) is 5.54. The lowest BCUT2D eigenvalue weighted by Gasteiger charge is -2.35. The Morgan fingerprint density at radius 3 is 2.71 bits per heavy atom. The van der Waals surface area contributed by atoms with Crippen LogP contribution in [0.4, 0.5) is 0 Å². The van der Waals surface area contributed by atoms with Gasteiger partial charge in [0.05, 0.1) is 23.1 Å². The van der Waals surface area contributed by atoms with Crippen LogP contribution in [0, 0.1) is 6.92 Å². The normalized spacial score (nSPS) is 15.1. The molecule has 1 fully saturated rings. The summed E-state index contributed by atoms with van der Waals surface area (Å²) in [4.78, 5) is 24.6. The summed E-state index contributed by atoms with van der Waals surface area (Å²) in [5.41, 5.74) is 7.78. The molecule has 1 saturated heterocycles. The SMILES string of the molecule is C=C/C=C(\c1nc(-c2n[nH]c3cnc(-c4cncc(CCCN(C)C)c4)cc23)[nH]c1C)N1CCN(C)CC1. The lowest BCUT2D eigenvalue weighted by Crippen LogP contribution is -2.43. The fourth-order valence-electron chi connectivity index (χ4n) is 4.93. The molecule has 198 valence electrons. The van der Waals surface area contributed by atoms with Gasteiger partial charge in [0.15, 0.2) is 5.82 Å². The van der Waals surface area contributed by atoms with E-state index in [9.17, 15) is 0 Å². The van der Waals surface area contributed by atoms with Crippen molar-refractivity contribution in [3.8, 4) is 22.8 Å². The van der Waals surface area contributed by atoms with E-state index in [1.807, 2.05) is 24.7 Å². The van der Waals surface area contributed by atoms with E-state index in [-0.39, 0.29) is 0 Å². The molecule has 9 heteroatoms. The van der Waals surface area contributed by atoms with E-state index in [1.165, 1.54) is 5.56 Å². The Balaban J connectivity index is 1.45. The minimum absolute atomic E-state index is 0.737. The number of aromatic nitrogens is 6. The number of fused-ring (bicyclic) bond motifs is 1. The van der Waals surface area contributed by atoms with Crippen molar-refractivity contribution < 1.29 is 0 Å². The smallest absolute Gasteiger partial charge is 0.159 e. The second-order valence-electron chi connectivity index (χ2n) is 10.3. The molecule has 0 aliphatic carbocycles. The molecule has 0 radical (unpaired) electrons. The predicted molar refractivity (Wildman–Crippen MR) is 154 cm³/mol. The Kier molecular flexibility index (Phi) is 7.67. The minimum atomic E-state index is 0.737. The summed E-state index contributed by atoms with van der Waals surface area (Å²) in [6.07, 6.45) is 11.6. The highest BCUT2D eigenvalue weighted by Crippen LogP contribution is 2.31. The average Bonchev–Trinajstić information content (AvgIpc) is 3.50. The van der Waals surface area contributed by atoms with Gasteiger partial charge in [-0.05, 0) is 71.2 Å². The van der Waals surface area contributed by atoms with E-state index in [0.29, 0.717) is 0 Å². The zero-order valence-electron chi connectivity index (χ0n) is 22.8. The van der Waals surface area contributed by atoms with Gasteiger partial charge in [-0.2, -0.15) is 5.10 Å². The number of imidazole rings is 1. The summed E-state index contributed by atoms with van der Waals surface area (Å²) in [5.74, 6) is 0.737. The molecule has 0 amide bonds. The number of pyridine rings is 2. The van der Waals surface area contributed by atoms with Crippen LogP contribution in [0.5, 0.6) is 0 Å². The highest BCUT2D eigenvalue weighted by molar-refractivity contribution is 5.93. The highest BCUT2D eigenvalue weighted by atomic mass is 15.3. The topological polar surface area (TPSA) is 92.9 Å². The lowest BCUT2D eigenvalue weighted by atomic mass is 10.1. The molecule has 0 unspecified atom stereocenters.